The van der Waals surface area contributed by atoms with Crippen LogP contribution < -0.4 is 4.74 Å². The van der Waals surface area contributed by atoms with Crippen molar-refractivity contribution in [3.63, 3.8) is 0 Å². The van der Waals surface area contributed by atoms with Gasteiger partial charge in [0.2, 0.25) is 0 Å². The van der Waals surface area contributed by atoms with Crippen molar-refractivity contribution in [2.45, 2.75) is 31.5 Å². The average molecular weight is 229 g/mol. The van der Waals surface area contributed by atoms with E-state index in [9.17, 15) is 5.11 Å². The number of aliphatic hydroxyl groups is 1. The summed E-state index contributed by atoms with van der Waals surface area (Å²) in [5.41, 5.74) is 0.928. The molecule has 0 radical (unpaired) electrons. The highest BCUT2D eigenvalue weighted by atomic mass is 16.5. The predicted octanol–water partition coefficient (Wildman–Crippen LogP) is 2.53. The molecule has 2 atom stereocenters. The minimum atomic E-state index is -0.325. The average Bonchev–Trinajstić information content (AvgIpc) is 2.75. The SMILES string of the molecule is O[C@@H]1CCC[C@H]1Oc1ccc2cccnc2c1. The molecule has 1 aromatic heterocycles. The standard InChI is InChI=1S/C14H15NO2/c16-13-4-1-5-14(13)17-11-7-6-10-3-2-8-15-12(10)9-11/h2-3,6-9,13-14,16H,1,4-5H2/t13-,14-/m1/s1. The number of rotatable bonds is 2. The fraction of sp³-hybridized carbons (Fsp3) is 0.357. The molecule has 1 N–H and O–H groups in total. The Labute approximate surface area is 100 Å². The molecule has 1 saturated carbocycles. The Morgan fingerprint density at radius 2 is 2.18 bits per heavy atom. The highest BCUT2D eigenvalue weighted by molar-refractivity contribution is 5.79. The van der Waals surface area contributed by atoms with Gasteiger partial charge in [-0.15, -0.1) is 0 Å². The van der Waals surface area contributed by atoms with Gasteiger partial charge >= 0.3 is 0 Å². The second-order valence-electron chi connectivity index (χ2n) is 4.51. The summed E-state index contributed by atoms with van der Waals surface area (Å²) in [5.74, 6) is 0.794. The van der Waals surface area contributed by atoms with Gasteiger partial charge in [-0.25, -0.2) is 0 Å². The van der Waals surface area contributed by atoms with Gasteiger partial charge in [0.05, 0.1) is 11.6 Å². The second-order valence-corrected chi connectivity index (χ2v) is 4.51. The van der Waals surface area contributed by atoms with Crippen molar-refractivity contribution in [2.24, 2.45) is 0 Å². The molecule has 0 spiro atoms. The number of aliphatic hydroxyl groups excluding tert-OH is 1. The number of pyridine rings is 1. The highest BCUT2D eigenvalue weighted by Crippen LogP contribution is 2.26. The van der Waals surface area contributed by atoms with Gasteiger partial charge in [-0.05, 0) is 37.5 Å². The molecule has 1 aliphatic carbocycles. The summed E-state index contributed by atoms with van der Waals surface area (Å²) in [7, 11) is 0. The van der Waals surface area contributed by atoms with Gasteiger partial charge in [-0.1, -0.05) is 6.07 Å². The van der Waals surface area contributed by atoms with Crippen LogP contribution in [0.25, 0.3) is 10.9 Å². The molecule has 0 unspecified atom stereocenters. The van der Waals surface area contributed by atoms with E-state index in [0.717, 1.165) is 35.9 Å². The lowest BCUT2D eigenvalue weighted by atomic mass is 10.2. The van der Waals surface area contributed by atoms with E-state index in [1.165, 1.54) is 0 Å². The van der Waals surface area contributed by atoms with E-state index >= 15 is 0 Å². The van der Waals surface area contributed by atoms with Crippen molar-refractivity contribution < 1.29 is 9.84 Å². The van der Waals surface area contributed by atoms with Crippen LogP contribution in [-0.2, 0) is 0 Å². The predicted molar refractivity (Wildman–Crippen MR) is 66.0 cm³/mol. The summed E-state index contributed by atoms with van der Waals surface area (Å²) in [6.45, 7) is 0. The minimum absolute atomic E-state index is 0.0591. The molecule has 17 heavy (non-hydrogen) atoms. The lowest BCUT2D eigenvalue weighted by Gasteiger charge is -2.17. The normalized spacial score (nSPS) is 24.1. The van der Waals surface area contributed by atoms with Crippen molar-refractivity contribution in [1.82, 2.24) is 4.98 Å². The van der Waals surface area contributed by atoms with Crippen molar-refractivity contribution in [3.8, 4) is 5.75 Å². The summed E-state index contributed by atoms with van der Waals surface area (Å²) < 4.78 is 5.81. The summed E-state index contributed by atoms with van der Waals surface area (Å²) in [6, 6.07) is 9.81. The first-order chi connectivity index (χ1) is 8.33. The van der Waals surface area contributed by atoms with Crippen molar-refractivity contribution in [2.75, 3.05) is 0 Å². The molecule has 1 aromatic carbocycles. The Morgan fingerprint density at radius 1 is 1.24 bits per heavy atom. The summed E-state index contributed by atoms with van der Waals surface area (Å²) in [6.07, 6.45) is 4.21. The maximum absolute atomic E-state index is 9.72. The number of benzene rings is 1. The van der Waals surface area contributed by atoms with Crippen LogP contribution in [0.5, 0.6) is 5.75 Å². The van der Waals surface area contributed by atoms with Crippen LogP contribution in [-0.4, -0.2) is 22.3 Å². The van der Waals surface area contributed by atoms with Crippen LogP contribution in [0.2, 0.25) is 0 Å². The summed E-state index contributed by atoms with van der Waals surface area (Å²) in [5, 5.41) is 10.8. The Kier molecular flexibility index (Phi) is 2.69. The Balaban J connectivity index is 1.85. The molecule has 0 amide bonds. The molecular weight excluding hydrogens is 214 g/mol. The molecule has 88 valence electrons. The molecule has 3 rings (SSSR count). The molecule has 3 heteroatoms. The lowest BCUT2D eigenvalue weighted by molar-refractivity contribution is 0.0605. The Bertz CT molecular complexity index is 526. The first kappa shape index (κ1) is 10.5. The van der Waals surface area contributed by atoms with Gasteiger partial charge in [0.15, 0.2) is 0 Å². The van der Waals surface area contributed by atoms with E-state index in [1.807, 2.05) is 30.3 Å². The van der Waals surface area contributed by atoms with E-state index in [-0.39, 0.29) is 12.2 Å². The van der Waals surface area contributed by atoms with E-state index in [4.69, 9.17) is 4.74 Å². The van der Waals surface area contributed by atoms with Crippen LogP contribution in [0.3, 0.4) is 0 Å². The molecule has 0 saturated heterocycles. The first-order valence-corrected chi connectivity index (χ1v) is 6.02. The number of hydrogen-bond donors (Lipinski definition) is 1. The zero-order valence-corrected chi connectivity index (χ0v) is 9.54. The molecule has 1 aliphatic rings. The molecule has 2 aromatic rings. The molecular formula is C14H15NO2. The van der Waals surface area contributed by atoms with E-state index < -0.39 is 0 Å². The quantitative estimate of drug-likeness (QED) is 0.860. The number of aromatic nitrogens is 1. The van der Waals surface area contributed by atoms with E-state index in [1.54, 1.807) is 6.20 Å². The van der Waals surface area contributed by atoms with Gasteiger partial charge in [-0.2, -0.15) is 0 Å². The van der Waals surface area contributed by atoms with Gasteiger partial charge in [-0.3, -0.25) is 4.98 Å². The zero-order chi connectivity index (χ0) is 11.7. The second kappa shape index (κ2) is 4.34. The van der Waals surface area contributed by atoms with Crippen molar-refractivity contribution in [1.29, 1.82) is 0 Å². The topological polar surface area (TPSA) is 42.4 Å². The first-order valence-electron chi connectivity index (χ1n) is 6.02. The zero-order valence-electron chi connectivity index (χ0n) is 9.54. The Hall–Kier alpha value is -1.61. The smallest absolute Gasteiger partial charge is 0.124 e. The van der Waals surface area contributed by atoms with Gasteiger partial charge in [0.1, 0.15) is 11.9 Å². The van der Waals surface area contributed by atoms with Gasteiger partial charge < -0.3 is 9.84 Å². The fourth-order valence-electron chi connectivity index (χ4n) is 2.34. The minimum Gasteiger partial charge on any atom is -0.488 e. The third-order valence-electron chi connectivity index (χ3n) is 3.28. The number of ether oxygens (including phenoxy) is 1. The van der Waals surface area contributed by atoms with Gasteiger partial charge in [0.25, 0.3) is 0 Å². The summed E-state index contributed by atoms with van der Waals surface area (Å²) in [4.78, 5) is 4.29. The molecule has 1 fully saturated rings. The summed E-state index contributed by atoms with van der Waals surface area (Å²) >= 11 is 0. The third kappa shape index (κ3) is 2.11. The molecule has 0 aliphatic heterocycles. The monoisotopic (exact) mass is 229 g/mol. The van der Waals surface area contributed by atoms with Crippen LogP contribution in [0.4, 0.5) is 0 Å². The maximum Gasteiger partial charge on any atom is 0.124 e. The fourth-order valence-corrected chi connectivity index (χ4v) is 2.34. The van der Waals surface area contributed by atoms with Gasteiger partial charge in [0, 0.05) is 17.6 Å². The Morgan fingerprint density at radius 3 is 3.00 bits per heavy atom. The number of nitrogens with zero attached hydrogens (tertiary/aromatic N) is 1. The number of hydrogen-bond acceptors (Lipinski definition) is 3. The van der Waals surface area contributed by atoms with Crippen molar-refractivity contribution in [3.05, 3.63) is 36.5 Å². The lowest BCUT2D eigenvalue weighted by Crippen LogP contribution is -2.25. The highest BCUT2D eigenvalue weighted by Gasteiger charge is 2.26. The maximum atomic E-state index is 9.72. The van der Waals surface area contributed by atoms with E-state index in [2.05, 4.69) is 4.98 Å². The van der Waals surface area contributed by atoms with Crippen LogP contribution in [0.1, 0.15) is 19.3 Å². The van der Waals surface area contributed by atoms with Crippen LogP contribution in [0, 0.1) is 0 Å². The number of fused-ring (bicyclic) bond motifs is 1. The molecule has 0 bridgehead atoms. The third-order valence-corrected chi connectivity index (χ3v) is 3.28. The van der Waals surface area contributed by atoms with Crippen molar-refractivity contribution >= 4 is 10.9 Å². The van der Waals surface area contributed by atoms with E-state index in [0.29, 0.717) is 0 Å². The van der Waals surface area contributed by atoms with Crippen LogP contribution in [0.15, 0.2) is 36.5 Å². The molecule has 1 heterocycles. The largest absolute Gasteiger partial charge is 0.488 e. The molecule has 3 nitrogen and oxygen atoms in total. The van der Waals surface area contributed by atoms with Crippen LogP contribution >= 0.6 is 0 Å².